The molecule has 0 atom stereocenters. The number of hydrogen-bond acceptors (Lipinski definition) is 0. The molecule has 0 amide bonds. The highest BCUT2D eigenvalue weighted by Gasteiger charge is 2.50. The van der Waals surface area contributed by atoms with Crippen molar-refractivity contribution >= 4 is 0 Å². The van der Waals surface area contributed by atoms with E-state index in [1.165, 1.54) is 156 Å². The first kappa shape index (κ1) is 64.9. The third-order valence-electron chi connectivity index (χ3n) is 22.6. The molecule has 20 rings (SSSR count). The Morgan fingerprint density at radius 2 is 0.413 bits per heavy atom. The van der Waals surface area contributed by atoms with Gasteiger partial charge in [-0.25, -0.2) is 0 Å². The van der Waals surface area contributed by atoms with Crippen molar-refractivity contribution in [3.63, 3.8) is 0 Å². The van der Waals surface area contributed by atoms with Crippen molar-refractivity contribution < 1.29 is 0 Å². The minimum absolute atomic E-state index is 0.262. The van der Waals surface area contributed by atoms with Gasteiger partial charge in [-0.1, -0.05) is 424 Å². The van der Waals surface area contributed by atoms with Crippen molar-refractivity contribution in [2.45, 2.75) is 49.4 Å². The van der Waals surface area contributed by atoms with Gasteiger partial charge >= 0.3 is 0 Å². The molecule has 0 unspecified atom stereocenters. The molecule has 16 aromatic carbocycles. The maximum atomic E-state index is 2.37. The summed E-state index contributed by atoms with van der Waals surface area (Å²) >= 11 is 0. The first-order valence-electron chi connectivity index (χ1n) is 36.6. The van der Waals surface area contributed by atoms with E-state index in [1.807, 2.05) is 0 Å². The van der Waals surface area contributed by atoms with E-state index in [2.05, 4.69) is 440 Å². The van der Waals surface area contributed by atoms with Crippen molar-refractivity contribution in [2.24, 2.45) is 0 Å². The second-order valence-electron chi connectivity index (χ2n) is 28.2. The van der Waals surface area contributed by atoms with Crippen LogP contribution in [0.25, 0.3) is 44.5 Å². The van der Waals surface area contributed by atoms with Crippen LogP contribution in [0.1, 0.15) is 111 Å². The van der Waals surface area contributed by atoms with E-state index in [9.17, 15) is 0 Å². The van der Waals surface area contributed by atoms with Crippen LogP contribution in [0.15, 0.2) is 413 Å². The van der Waals surface area contributed by atoms with Gasteiger partial charge in [-0.15, -0.1) is 0 Å². The molecule has 104 heavy (non-hydrogen) atoms. The fraction of sp³-hybridized carbons (Fsp3) is 0.0769. The molecule has 0 heteroatoms. The fourth-order valence-electron chi connectivity index (χ4n) is 18.5. The molecule has 0 fully saturated rings. The van der Waals surface area contributed by atoms with E-state index < -0.39 is 0 Å². The van der Waals surface area contributed by atoms with Crippen molar-refractivity contribution in [2.75, 3.05) is 0 Å². The Morgan fingerprint density at radius 3 is 0.846 bits per heavy atom. The van der Waals surface area contributed by atoms with Crippen LogP contribution in [0.3, 0.4) is 0 Å². The zero-order valence-electron chi connectivity index (χ0n) is 59.3. The van der Waals surface area contributed by atoms with Crippen LogP contribution in [-0.2, 0) is 21.7 Å². The van der Waals surface area contributed by atoms with Crippen LogP contribution in [0, 0.1) is 27.7 Å². The van der Waals surface area contributed by atoms with E-state index in [0.29, 0.717) is 0 Å². The zero-order valence-corrected chi connectivity index (χ0v) is 59.3. The molecule has 0 saturated heterocycles. The molecule has 0 heterocycles. The van der Waals surface area contributed by atoms with E-state index in [-0.39, 0.29) is 21.7 Å². The molecule has 0 spiro atoms. The Labute approximate surface area is 613 Å². The van der Waals surface area contributed by atoms with Gasteiger partial charge in [0.25, 0.3) is 0 Å². The quantitative estimate of drug-likeness (QED) is 0.142. The Bertz CT molecular complexity index is 5490. The Balaban J connectivity index is 0.000000103. The van der Waals surface area contributed by atoms with Gasteiger partial charge in [0.2, 0.25) is 0 Å². The lowest BCUT2D eigenvalue weighted by molar-refractivity contribution is 0.762. The van der Waals surface area contributed by atoms with Crippen LogP contribution in [0.4, 0.5) is 0 Å². The Kier molecular flexibility index (Phi) is 16.9. The standard InChI is InChI=1S/4C26H20/c1-19-11-10-17-23-22-16-8-9-18-24(22)26(25(19)23,20-12-4-2-5-13-20)21-14-6-3-7-15-21;1-19-11-10-18-24-25(19)22-16-8-9-17-23(22)26(24,20-12-4-2-5-13-20)21-14-6-3-7-15-21;1-19-16-17-25-23(18-19)22-14-8-9-15-24(22)26(25,20-10-4-2-5-11-20)21-12-6-3-7-13-21;1-19-16-17-23-22-14-8-9-15-24(22)26(25(23)18-19,20-10-4-2-5-11-20)21-12-6-3-7-13-21/h4*2-18H,1H3. The van der Waals surface area contributed by atoms with E-state index >= 15 is 0 Å². The lowest BCUT2D eigenvalue weighted by Crippen LogP contribution is -2.29. The van der Waals surface area contributed by atoms with Gasteiger partial charge < -0.3 is 0 Å². The minimum Gasteiger partial charge on any atom is -0.0622 e. The van der Waals surface area contributed by atoms with Crippen molar-refractivity contribution in [1.82, 2.24) is 0 Å². The highest BCUT2D eigenvalue weighted by atomic mass is 14.5. The average Bonchev–Trinajstić information content (AvgIpc) is 1.56. The summed E-state index contributed by atoms with van der Waals surface area (Å²) in [5.74, 6) is 0. The van der Waals surface area contributed by atoms with E-state index in [0.717, 1.165) is 0 Å². The maximum absolute atomic E-state index is 2.37. The number of aryl methyl sites for hydroxylation is 4. The summed E-state index contributed by atoms with van der Waals surface area (Å²) < 4.78 is 0. The van der Waals surface area contributed by atoms with Gasteiger partial charge in [0.15, 0.2) is 0 Å². The molecule has 4 aliphatic carbocycles. The summed E-state index contributed by atoms with van der Waals surface area (Å²) in [4.78, 5) is 0. The van der Waals surface area contributed by atoms with E-state index in [4.69, 9.17) is 0 Å². The molecular weight excluding hydrogens is 1250 g/mol. The number of fused-ring (bicyclic) bond motifs is 12. The molecule has 0 bridgehead atoms. The number of benzene rings is 16. The van der Waals surface area contributed by atoms with Gasteiger partial charge in [-0.05, 0) is 172 Å². The average molecular weight is 1330 g/mol. The molecule has 496 valence electrons. The van der Waals surface area contributed by atoms with Crippen molar-refractivity contribution in [3.8, 4) is 44.5 Å². The molecule has 0 radical (unpaired) electrons. The second kappa shape index (κ2) is 27.1. The summed E-state index contributed by atoms with van der Waals surface area (Å²) in [5.41, 5.74) is 36.7. The zero-order chi connectivity index (χ0) is 70.2. The summed E-state index contributed by atoms with van der Waals surface area (Å²) in [7, 11) is 0. The molecule has 0 N–H and O–H groups in total. The molecule has 0 nitrogen and oxygen atoms in total. The lowest BCUT2D eigenvalue weighted by Gasteiger charge is -2.34. The molecular formula is C104H80. The van der Waals surface area contributed by atoms with Gasteiger partial charge in [0, 0.05) is 0 Å². The second-order valence-corrected chi connectivity index (χ2v) is 28.2. The van der Waals surface area contributed by atoms with E-state index in [1.54, 1.807) is 0 Å². The van der Waals surface area contributed by atoms with Crippen molar-refractivity contribution in [1.29, 1.82) is 0 Å². The molecule has 0 aromatic heterocycles. The molecule has 4 aliphatic rings. The summed E-state index contributed by atoms with van der Waals surface area (Å²) in [5, 5.41) is 0. The van der Waals surface area contributed by atoms with Gasteiger partial charge in [-0.3, -0.25) is 0 Å². The first-order valence-corrected chi connectivity index (χ1v) is 36.6. The van der Waals surface area contributed by atoms with Gasteiger partial charge in [0.05, 0.1) is 21.7 Å². The molecule has 0 aliphatic heterocycles. The fourth-order valence-corrected chi connectivity index (χ4v) is 18.5. The summed E-state index contributed by atoms with van der Waals surface area (Å²) in [6, 6.07) is 150. The largest absolute Gasteiger partial charge is 0.0716 e. The highest BCUT2D eigenvalue weighted by Crippen LogP contribution is 2.61. The van der Waals surface area contributed by atoms with Crippen LogP contribution in [0.2, 0.25) is 0 Å². The van der Waals surface area contributed by atoms with Crippen LogP contribution in [-0.4, -0.2) is 0 Å². The Hall–Kier alpha value is -12.5. The Morgan fingerprint density at radius 1 is 0.154 bits per heavy atom. The summed E-state index contributed by atoms with van der Waals surface area (Å²) in [6.07, 6.45) is 0. The minimum atomic E-state index is -0.264. The SMILES string of the molecule is Cc1ccc2c(c1)-c1ccccc1C2(c1ccccc1)c1ccccc1.Cc1ccc2c(c1)C(c1ccccc1)(c1ccccc1)c1ccccc1-2.Cc1cccc2c1-c1ccccc1C2(c1ccccc1)c1ccccc1.Cc1cccc2c1C(c1ccccc1)(c1ccccc1)c1ccccc1-2. The van der Waals surface area contributed by atoms with Crippen molar-refractivity contribution in [3.05, 3.63) is 524 Å². The third-order valence-corrected chi connectivity index (χ3v) is 22.6. The molecule has 0 saturated carbocycles. The smallest absolute Gasteiger partial charge is 0.0622 e. The number of hydrogen-bond donors (Lipinski definition) is 0. The van der Waals surface area contributed by atoms with Gasteiger partial charge in [0.1, 0.15) is 0 Å². The lowest BCUT2D eigenvalue weighted by atomic mass is 9.67. The van der Waals surface area contributed by atoms with Gasteiger partial charge in [-0.2, -0.15) is 0 Å². The highest BCUT2D eigenvalue weighted by molar-refractivity contribution is 5.91. The third kappa shape index (κ3) is 10.3. The predicted molar refractivity (Wildman–Crippen MR) is 434 cm³/mol. The van der Waals surface area contributed by atoms with Crippen LogP contribution < -0.4 is 0 Å². The summed E-state index contributed by atoms with van der Waals surface area (Å²) in [6.45, 7) is 8.82. The topological polar surface area (TPSA) is 0 Å². The maximum Gasteiger partial charge on any atom is 0.0716 e. The normalized spacial score (nSPS) is 13.9. The monoisotopic (exact) mass is 1330 g/mol. The number of rotatable bonds is 8. The van der Waals surface area contributed by atoms with Crippen LogP contribution in [0.5, 0.6) is 0 Å². The first-order chi connectivity index (χ1) is 51.3. The van der Waals surface area contributed by atoms with Crippen LogP contribution >= 0.6 is 0 Å². The molecule has 16 aromatic rings. The predicted octanol–water partition coefficient (Wildman–Crippen LogP) is 25.4.